The number of nitrogens with zero attached hydrogens (tertiary/aromatic N) is 2. The molecule has 0 saturated carbocycles. The smallest absolute Gasteiger partial charge is 0.0742 e. The fourth-order valence-corrected chi connectivity index (χ4v) is 2.32. The highest BCUT2D eigenvalue weighted by molar-refractivity contribution is 7.80. The highest BCUT2D eigenvalue weighted by Gasteiger charge is 2.32. The summed E-state index contributed by atoms with van der Waals surface area (Å²) in [5, 5.41) is 0. The molecule has 1 heterocycles. The Morgan fingerprint density at radius 3 is 2.53 bits per heavy atom. The third-order valence-corrected chi connectivity index (χ3v) is 3.63. The number of hydrogen-bond acceptors (Lipinski definition) is 3. The molecule has 0 spiro atoms. The number of hydrogen-bond donors (Lipinski definition) is 1. The summed E-state index contributed by atoms with van der Waals surface area (Å²) in [7, 11) is 2.19. The van der Waals surface area contributed by atoms with Gasteiger partial charge in [0.15, 0.2) is 0 Å². The molecule has 1 atom stereocenters. The lowest BCUT2D eigenvalue weighted by molar-refractivity contribution is 0.0222. The minimum Gasteiger partial charge on any atom is -0.393 e. The lowest BCUT2D eigenvalue weighted by Gasteiger charge is -2.47. The Bertz CT molecular complexity index is 240. The van der Waals surface area contributed by atoms with Crippen LogP contribution in [0, 0.1) is 0 Å². The van der Waals surface area contributed by atoms with Crippen molar-refractivity contribution in [2.24, 2.45) is 5.73 Å². The van der Waals surface area contributed by atoms with Crippen molar-refractivity contribution in [2.45, 2.75) is 38.8 Å². The Morgan fingerprint density at radius 2 is 2.07 bits per heavy atom. The first-order chi connectivity index (χ1) is 6.83. The maximum atomic E-state index is 5.59. The molecule has 0 aromatic rings. The summed E-state index contributed by atoms with van der Waals surface area (Å²) < 4.78 is 0. The van der Waals surface area contributed by atoms with Gasteiger partial charge in [0, 0.05) is 37.6 Å². The number of likely N-dealkylation sites (N-methyl/N-ethyl adjacent to an activating group) is 1. The number of thiocarbonyl (C=S) groups is 1. The van der Waals surface area contributed by atoms with Crippen LogP contribution in [0.1, 0.15) is 27.2 Å². The Hall–Kier alpha value is -0.190. The van der Waals surface area contributed by atoms with Crippen molar-refractivity contribution in [3.05, 3.63) is 0 Å². The normalized spacial score (nSPS) is 25.1. The molecule has 1 aliphatic rings. The van der Waals surface area contributed by atoms with Crippen LogP contribution in [0.15, 0.2) is 0 Å². The molecule has 88 valence electrons. The molecule has 0 radical (unpaired) electrons. The maximum absolute atomic E-state index is 5.59. The number of rotatable bonds is 3. The lowest BCUT2D eigenvalue weighted by atomic mass is 9.98. The predicted octanol–water partition coefficient (Wildman–Crippen LogP) is 1.08. The van der Waals surface area contributed by atoms with Crippen LogP contribution in [0.4, 0.5) is 0 Å². The van der Waals surface area contributed by atoms with Crippen LogP contribution in [0.2, 0.25) is 0 Å². The van der Waals surface area contributed by atoms with Gasteiger partial charge in [0.2, 0.25) is 0 Å². The molecule has 1 unspecified atom stereocenters. The molecular weight excluding hydrogens is 206 g/mol. The number of piperazine rings is 1. The Labute approximate surface area is 98.6 Å². The Kier molecular flexibility index (Phi) is 4.09. The molecule has 0 aromatic heterocycles. The Morgan fingerprint density at radius 1 is 1.47 bits per heavy atom. The fraction of sp³-hybridized carbons (Fsp3) is 0.909. The van der Waals surface area contributed by atoms with E-state index in [0.717, 1.165) is 26.1 Å². The molecule has 3 nitrogen and oxygen atoms in total. The first-order valence-corrected chi connectivity index (χ1v) is 5.97. The summed E-state index contributed by atoms with van der Waals surface area (Å²) in [5.41, 5.74) is 5.84. The van der Waals surface area contributed by atoms with E-state index in [9.17, 15) is 0 Å². The van der Waals surface area contributed by atoms with Crippen LogP contribution in [0.25, 0.3) is 0 Å². The zero-order valence-electron chi connectivity index (χ0n) is 10.3. The zero-order chi connectivity index (χ0) is 11.6. The van der Waals surface area contributed by atoms with Gasteiger partial charge in [-0.15, -0.1) is 0 Å². The summed E-state index contributed by atoms with van der Waals surface area (Å²) in [6.45, 7) is 10.1. The van der Waals surface area contributed by atoms with E-state index in [1.807, 2.05) is 0 Å². The van der Waals surface area contributed by atoms with Crippen LogP contribution in [0.5, 0.6) is 0 Å². The second kappa shape index (κ2) is 4.76. The SMILES string of the molecule is CC(CC(N)=S)N1CCN(C)C(C)(C)C1. The third kappa shape index (κ3) is 3.40. The van der Waals surface area contributed by atoms with Crippen LogP contribution in [-0.2, 0) is 0 Å². The first kappa shape index (κ1) is 12.9. The quantitative estimate of drug-likeness (QED) is 0.734. The van der Waals surface area contributed by atoms with Crippen molar-refractivity contribution < 1.29 is 0 Å². The molecule has 1 rings (SSSR count). The van der Waals surface area contributed by atoms with Crippen LogP contribution in [0.3, 0.4) is 0 Å². The van der Waals surface area contributed by atoms with Crippen LogP contribution in [-0.4, -0.2) is 53.1 Å². The van der Waals surface area contributed by atoms with Gasteiger partial charge < -0.3 is 5.73 Å². The van der Waals surface area contributed by atoms with E-state index in [4.69, 9.17) is 18.0 Å². The van der Waals surface area contributed by atoms with Gasteiger partial charge in [-0.25, -0.2) is 0 Å². The molecule has 1 aliphatic heterocycles. The van der Waals surface area contributed by atoms with Crippen molar-refractivity contribution in [2.75, 3.05) is 26.7 Å². The Balaban J connectivity index is 2.55. The van der Waals surface area contributed by atoms with E-state index in [-0.39, 0.29) is 5.54 Å². The van der Waals surface area contributed by atoms with Crippen LogP contribution < -0.4 is 5.73 Å². The van der Waals surface area contributed by atoms with E-state index < -0.39 is 0 Å². The van der Waals surface area contributed by atoms with Gasteiger partial charge in [0.1, 0.15) is 0 Å². The summed E-state index contributed by atoms with van der Waals surface area (Å²) in [5.74, 6) is 0. The minimum absolute atomic E-state index is 0.253. The van der Waals surface area contributed by atoms with Gasteiger partial charge in [-0.2, -0.15) is 0 Å². The molecule has 1 saturated heterocycles. The largest absolute Gasteiger partial charge is 0.393 e. The second-order valence-corrected chi connectivity index (χ2v) is 5.75. The molecule has 2 N–H and O–H groups in total. The van der Waals surface area contributed by atoms with E-state index in [1.54, 1.807) is 0 Å². The molecule has 0 amide bonds. The topological polar surface area (TPSA) is 32.5 Å². The summed E-state index contributed by atoms with van der Waals surface area (Å²) >= 11 is 4.96. The average molecular weight is 229 g/mol. The van der Waals surface area contributed by atoms with Crippen LogP contribution >= 0.6 is 12.2 Å². The maximum Gasteiger partial charge on any atom is 0.0742 e. The standard InChI is InChI=1S/C11H23N3S/c1-9(7-10(12)15)14-6-5-13(4)11(2,3)8-14/h9H,5-8H2,1-4H3,(H2,12,15). The van der Waals surface area contributed by atoms with E-state index in [1.165, 1.54) is 0 Å². The van der Waals surface area contributed by atoms with Crippen molar-refractivity contribution in [1.82, 2.24) is 9.80 Å². The average Bonchev–Trinajstić information content (AvgIpc) is 2.08. The van der Waals surface area contributed by atoms with E-state index >= 15 is 0 Å². The summed E-state index contributed by atoms with van der Waals surface area (Å²) in [6, 6.07) is 0.468. The molecule has 0 bridgehead atoms. The van der Waals surface area contributed by atoms with Crippen molar-refractivity contribution in [1.29, 1.82) is 0 Å². The minimum atomic E-state index is 0.253. The van der Waals surface area contributed by atoms with E-state index in [2.05, 4.69) is 37.6 Å². The second-order valence-electron chi connectivity index (χ2n) is 5.22. The highest BCUT2D eigenvalue weighted by Crippen LogP contribution is 2.21. The van der Waals surface area contributed by atoms with E-state index in [0.29, 0.717) is 11.0 Å². The molecular formula is C11H23N3S. The van der Waals surface area contributed by atoms with Crippen molar-refractivity contribution in [3.63, 3.8) is 0 Å². The lowest BCUT2D eigenvalue weighted by Crippen LogP contribution is -2.59. The zero-order valence-corrected chi connectivity index (χ0v) is 11.1. The molecule has 1 fully saturated rings. The third-order valence-electron chi connectivity index (χ3n) is 3.47. The summed E-state index contributed by atoms with van der Waals surface area (Å²) in [4.78, 5) is 5.52. The van der Waals surface area contributed by atoms with Gasteiger partial charge in [0.25, 0.3) is 0 Å². The molecule has 4 heteroatoms. The van der Waals surface area contributed by atoms with Crippen molar-refractivity contribution >= 4 is 17.2 Å². The molecule has 0 aromatic carbocycles. The van der Waals surface area contributed by atoms with Gasteiger partial charge in [-0.05, 0) is 27.8 Å². The number of nitrogens with two attached hydrogens (primary N) is 1. The fourth-order valence-electron chi connectivity index (χ4n) is 2.07. The molecule has 15 heavy (non-hydrogen) atoms. The summed E-state index contributed by atoms with van der Waals surface area (Å²) in [6.07, 6.45) is 0.828. The first-order valence-electron chi connectivity index (χ1n) is 5.56. The molecule has 0 aliphatic carbocycles. The van der Waals surface area contributed by atoms with Gasteiger partial charge in [-0.1, -0.05) is 12.2 Å². The van der Waals surface area contributed by atoms with Crippen molar-refractivity contribution in [3.8, 4) is 0 Å². The van der Waals surface area contributed by atoms with Gasteiger partial charge in [0.05, 0.1) is 4.99 Å². The van der Waals surface area contributed by atoms with Gasteiger partial charge >= 0.3 is 0 Å². The highest BCUT2D eigenvalue weighted by atomic mass is 32.1. The monoisotopic (exact) mass is 229 g/mol. The van der Waals surface area contributed by atoms with Gasteiger partial charge in [-0.3, -0.25) is 9.80 Å². The predicted molar refractivity (Wildman–Crippen MR) is 69.1 cm³/mol.